The number of hydrogen-bond donors (Lipinski definition) is 16. The summed E-state index contributed by atoms with van der Waals surface area (Å²) in [5.41, 5.74) is 0. The highest BCUT2D eigenvalue weighted by molar-refractivity contribution is 5.74. The molecule has 5 heterocycles. The van der Waals surface area contributed by atoms with Gasteiger partial charge >= 0.3 is 0 Å². The van der Waals surface area contributed by atoms with Crippen LogP contribution < -0.4 is 16.0 Å². The molecule has 5 aliphatic rings. The number of carbonyl (C=O) groups is 3. The van der Waals surface area contributed by atoms with Gasteiger partial charge in [0.1, 0.15) is 116 Å². The van der Waals surface area contributed by atoms with Crippen LogP contribution in [-0.2, 0) is 57.0 Å². The van der Waals surface area contributed by atoms with Crippen LogP contribution in [-0.4, -0.2) is 270 Å². The monoisotopic (exact) mass is 949 g/mol. The van der Waals surface area contributed by atoms with Crippen molar-refractivity contribution in [3.05, 3.63) is 0 Å². The first-order valence-electron chi connectivity index (χ1n) is 20.9. The van der Waals surface area contributed by atoms with E-state index >= 15 is 0 Å². The standard InChI is InChI=1S/C37H63N3O25/c1-10-19(38-11(2)46)31(23(50)15(6-42)57-10)63-37-29(56)33(25(52)17(8-44)60-37)65-35-21(40-13(4)48)27(54)30(18(9-45)61-35)62-36-28(55)32(24(51)16(7-43)59-36)64-34-20(39-12(3)47)26(53)22(49)14(5-41)58-34/h10,14-37,41-45,49-56H,5-9H2,1-4H3,(H,38,46)(H,39,47)(H,40,48)/t10?,14?,15?,16?,17?,18?,19?,20?,21?,22-,23+,24+,25+,26-,27-,28?,29?,30-,31-,32+,33+,34+,35+,36+,37+/m1/s1. The number of amides is 3. The first-order chi connectivity index (χ1) is 30.7. The minimum absolute atomic E-state index is 0.560. The zero-order valence-corrected chi connectivity index (χ0v) is 35.7. The van der Waals surface area contributed by atoms with E-state index < -0.39 is 204 Å². The number of aliphatic hydroxyl groups is 13. The normalized spacial score (nSPS) is 47.1. The van der Waals surface area contributed by atoms with Crippen LogP contribution >= 0.6 is 0 Å². The SMILES string of the molecule is CC(=O)NC1[C@H](O[C@@H]2C(O)[C@H](O[C@@H]3C(CO)O[C@@H](O[C@@H]4C(O)[C@H](O[C@@H]5C(NC(C)=O)C(C)OC(CO)[C@@H]5O)OC(CO)[C@@H]4O)C(NC(C)=O)[C@H]3O)OC(CO)[C@@H]2O)OC(CO)[C@@H](O)[C@@H]1O. The molecular weight excluding hydrogens is 886 g/mol. The fourth-order valence-electron chi connectivity index (χ4n) is 8.48. The van der Waals surface area contributed by atoms with E-state index in [1.807, 2.05) is 0 Å². The molecule has 0 radical (unpaired) electrons. The lowest BCUT2D eigenvalue weighted by Crippen LogP contribution is -2.70. The van der Waals surface area contributed by atoms with E-state index in [1.165, 1.54) is 13.8 Å². The molecule has 0 aromatic heterocycles. The van der Waals surface area contributed by atoms with E-state index in [0.717, 1.165) is 13.8 Å². The summed E-state index contributed by atoms with van der Waals surface area (Å²) in [6.45, 7) is 0.439. The second-order valence-corrected chi connectivity index (χ2v) is 16.5. The second kappa shape index (κ2) is 23.2. The van der Waals surface area contributed by atoms with Crippen molar-refractivity contribution in [2.45, 2.75) is 181 Å². The second-order valence-electron chi connectivity index (χ2n) is 16.5. The van der Waals surface area contributed by atoms with Crippen molar-refractivity contribution in [3.63, 3.8) is 0 Å². The Bertz CT molecular complexity index is 1560. The predicted octanol–water partition coefficient (Wildman–Crippen LogP) is -10.4. The molecule has 5 fully saturated rings. The molecule has 376 valence electrons. The van der Waals surface area contributed by atoms with Gasteiger partial charge in [-0.05, 0) is 6.92 Å². The Kier molecular flexibility index (Phi) is 19.1. The molecule has 28 nitrogen and oxygen atoms in total. The zero-order chi connectivity index (χ0) is 48.2. The van der Waals surface area contributed by atoms with Gasteiger partial charge < -0.3 is 125 Å². The van der Waals surface area contributed by atoms with Gasteiger partial charge in [-0.15, -0.1) is 0 Å². The summed E-state index contributed by atoms with van der Waals surface area (Å²) in [6, 6.07) is -4.35. The lowest BCUT2D eigenvalue weighted by atomic mass is 9.92. The molecule has 0 spiro atoms. The maximum atomic E-state index is 12.5. The van der Waals surface area contributed by atoms with Crippen molar-refractivity contribution in [1.82, 2.24) is 16.0 Å². The highest BCUT2D eigenvalue weighted by Gasteiger charge is 2.57. The molecule has 0 aliphatic carbocycles. The molecule has 5 saturated heterocycles. The third-order valence-corrected chi connectivity index (χ3v) is 11.8. The number of aliphatic hydroxyl groups excluding tert-OH is 13. The summed E-state index contributed by atoms with van der Waals surface area (Å²) in [5, 5.41) is 147. The molecule has 28 heteroatoms. The Morgan fingerprint density at radius 2 is 0.708 bits per heavy atom. The molecule has 0 aromatic rings. The topological polar surface area (TPSA) is 433 Å². The van der Waals surface area contributed by atoms with E-state index in [1.54, 1.807) is 0 Å². The Balaban J connectivity index is 1.38. The van der Waals surface area contributed by atoms with Crippen LogP contribution in [0.15, 0.2) is 0 Å². The van der Waals surface area contributed by atoms with Gasteiger partial charge in [-0.25, -0.2) is 0 Å². The van der Waals surface area contributed by atoms with Crippen LogP contribution in [0.25, 0.3) is 0 Å². The maximum Gasteiger partial charge on any atom is 0.217 e. The lowest BCUT2D eigenvalue weighted by molar-refractivity contribution is -0.380. The third-order valence-electron chi connectivity index (χ3n) is 11.8. The van der Waals surface area contributed by atoms with Crippen LogP contribution in [0, 0.1) is 0 Å². The van der Waals surface area contributed by atoms with Gasteiger partial charge in [0.2, 0.25) is 17.7 Å². The zero-order valence-electron chi connectivity index (χ0n) is 35.7. The van der Waals surface area contributed by atoms with Crippen molar-refractivity contribution in [2.75, 3.05) is 33.0 Å². The molecule has 3 amide bonds. The highest BCUT2D eigenvalue weighted by Crippen LogP contribution is 2.36. The van der Waals surface area contributed by atoms with Crippen molar-refractivity contribution in [1.29, 1.82) is 0 Å². The summed E-state index contributed by atoms with van der Waals surface area (Å²) >= 11 is 0. The van der Waals surface area contributed by atoms with Crippen LogP contribution in [0.5, 0.6) is 0 Å². The van der Waals surface area contributed by atoms with Gasteiger partial charge in [-0.2, -0.15) is 0 Å². The minimum atomic E-state index is -2.10. The van der Waals surface area contributed by atoms with E-state index in [-0.39, 0.29) is 0 Å². The van der Waals surface area contributed by atoms with Gasteiger partial charge in [-0.3, -0.25) is 14.4 Å². The number of rotatable bonds is 16. The summed E-state index contributed by atoms with van der Waals surface area (Å²) in [4.78, 5) is 36.6. The Hall–Kier alpha value is -2.47. The van der Waals surface area contributed by atoms with E-state index in [9.17, 15) is 80.8 Å². The van der Waals surface area contributed by atoms with Gasteiger partial charge in [0.25, 0.3) is 0 Å². The molecule has 0 bridgehead atoms. The fraction of sp³-hybridized carbons (Fsp3) is 0.919. The average molecular weight is 950 g/mol. The average Bonchev–Trinajstić information content (AvgIpc) is 3.25. The van der Waals surface area contributed by atoms with Crippen molar-refractivity contribution in [2.24, 2.45) is 0 Å². The van der Waals surface area contributed by atoms with E-state index in [0.29, 0.717) is 0 Å². The summed E-state index contributed by atoms with van der Waals surface area (Å²) in [7, 11) is 0. The van der Waals surface area contributed by atoms with Crippen LogP contribution in [0.2, 0.25) is 0 Å². The molecule has 65 heavy (non-hydrogen) atoms. The van der Waals surface area contributed by atoms with Crippen molar-refractivity contribution < 1.29 is 123 Å². The third kappa shape index (κ3) is 11.9. The number of carbonyl (C=O) groups excluding carboxylic acids is 3. The first-order valence-corrected chi connectivity index (χ1v) is 20.9. The van der Waals surface area contributed by atoms with Crippen molar-refractivity contribution >= 4 is 17.7 Å². The van der Waals surface area contributed by atoms with Gasteiger partial charge in [0.05, 0.1) is 45.2 Å². The van der Waals surface area contributed by atoms with Gasteiger partial charge in [0.15, 0.2) is 25.2 Å². The predicted molar refractivity (Wildman–Crippen MR) is 205 cm³/mol. The quantitative estimate of drug-likeness (QED) is 0.0683. The summed E-state index contributed by atoms with van der Waals surface area (Å²) < 4.78 is 52.0. The minimum Gasteiger partial charge on any atom is -0.394 e. The number of ether oxygens (including phenoxy) is 9. The first kappa shape index (κ1) is 53.5. The molecule has 0 aromatic carbocycles. The van der Waals surface area contributed by atoms with Crippen molar-refractivity contribution in [3.8, 4) is 0 Å². The van der Waals surface area contributed by atoms with E-state index in [2.05, 4.69) is 16.0 Å². The Labute approximate surface area is 370 Å². The molecule has 5 rings (SSSR count). The number of nitrogens with one attached hydrogen (secondary N) is 3. The molecule has 5 aliphatic heterocycles. The molecule has 11 unspecified atom stereocenters. The van der Waals surface area contributed by atoms with Crippen LogP contribution in [0.1, 0.15) is 27.7 Å². The summed E-state index contributed by atoms with van der Waals surface area (Å²) in [6.07, 6.45) is -38.0. The molecule has 0 saturated carbocycles. The molecule has 25 atom stereocenters. The Morgan fingerprint density at radius 1 is 0.385 bits per heavy atom. The van der Waals surface area contributed by atoms with Crippen LogP contribution in [0.3, 0.4) is 0 Å². The van der Waals surface area contributed by atoms with E-state index in [4.69, 9.17) is 42.6 Å². The summed E-state index contributed by atoms with van der Waals surface area (Å²) in [5.74, 6) is -2.09. The van der Waals surface area contributed by atoms with Gasteiger partial charge in [0, 0.05) is 20.8 Å². The fourth-order valence-corrected chi connectivity index (χ4v) is 8.48. The Morgan fingerprint density at radius 3 is 1.14 bits per heavy atom. The maximum absolute atomic E-state index is 12.5. The highest BCUT2D eigenvalue weighted by atomic mass is 16.8. The number of hydrogen-bond acceptors (Lipinski definition) is 25. The molecular formula is C37H63N3O25. The largest absolute Gasteiger partial charge is 0.394 e. The lowest BCUT2D eigenvalue weighted by Gasteiger charge is -2.50. The molecule has 16 N–H and O–H groups in total. The van der Waals surface area contributed by atoms with Crippen LogP contribution in [0.4, 0.5) is 0 Å². The smallest absolute Gasteiger partial charge is 0.217 e. The van der Waals surface area contributed by atoms with Gasteiger partial charge in [-0.1, -0.05) is 0 Å².